The summed E-state index contributed by atoms with van der Waals surface area (Å²) in [5, 5.41) is 6.88. The summed E-state index contributed by atoms with van der Waals surface area (Å²) in [6.45, 7) is 13.4. The number of hydrogen-bond acceptors (Lipinski definition) is 6. The van der Waals surface area contributed by atoms with E-state index in [0.717, 1.165) is 57.5 Å². The number of hydrogen-bond donors (Lipinski definition) is 2. The third-order valence-corrected chi connectivity index (χ3v) is 5.88. The molecular weight excluding hydrogens is 408 g/mol. The van der Waals surface area contributed by atoms with Crippen LogP contribution in [0.15, 0.2) is 27.8 Å². The van der Waals surface area contributed by atoms with Gasteiger partial charge in [0.1, 0.15) is 11.4 Å². The molecule has 1 amide bonds. The SMILES string of the molecule is CN=C(NCCN1CCN(C(=O)OC(C)(C)C)CC1)NCC(c1ccco1)N1CCCC1. The van der Waals surface area contributed by atoms with Crippen molar-refractivity contribution in [2.45, 2.75) is 45.3 Å². The lowest BCUT2D eigenvalue weighted by molar-refractivity contribution is 0.0147. The van der Waals surface area contributed by atoms with E-state index in [9.17, 15) is 4.79 Å². The van der Waals surface area contributed by atoms with Crippen LogP contribution >= 0.6 is 0 Å². The predicted molar refractivity (Wildman–Crippen MR) is 126 cm³/mol. The highest BCUT2D eigenvalue weighted by Gasteiger charge is 2.27. The lowest BCUT2D eigenvalue weighted by atomic mass is 10.2. The summed E-state index contributed by atoms with van der Waals surface area (Å²) >= 11 is 0. The van der Waals surface area contributed by atoms with E-state index >= 15 is 0 Å². The molecule has 0 aliphatic carbocycles. The van der Waals surface area contributed by atoms with Gasteiger partial charge >= 0.3 is 6.09 Å². The minimum absolute atomic E-state index is 0.215. The maximum absolute atomic E-state index is 12.2. The minimum atomic E-state index is -0.453. The molecule has 0 spiro atoms. The van der Waals surface area contributed by atoms with Gasteiger partial charge in [-0.05, 0) is 58.8 Å². The van der Waals surface area contributed by atoms with Gasteiger partial charge in [0.2, 0.25) is 0 Å². The number of furan rings is 1. The van der Waals surface area contributed by atoms with Gasteiger partial charge in [-0.1, -0.05) is 0 Å². The van der Waals surface area contributed by atoms with E-state index in [-0.39, 0.29) is 12.1 Å². The van der Waals surface area contributed by atoms with E-state index in [1.807, 2.05) is 26.8 Å². The standard InChI is InChI=1S/C23H40N6O3/c1-23(2,3)32-22(30)29-15-13-27(14-16-29)12-9-25-21(24-4)26-18-19(20-8-7-17-31-20)28-10-5-6-11-28/h7-8,17,19H,5-6,9-16,18H2,1-4H3,(H2,24,25,26). The molecular formula is C23H40N6O3. The van der Waals surface area contributed by atoms with Crippen LogP contribution in [-0.2, 0) is 4.74 Å². The molecule has 2 fully saturated rings. The van der Waals surface area contributed by atoms with Crippen LogP contribution in [-0.4, -0.2) is 98.3 Å². The van der Waals surface area contributed by atoms with E-state index in [4.69, 9.17) is 9.15 Å². The molecule has 1 aromatic rings. The van der Waals surface area contributed by atoms with E-state index in [1.165, 1.54) is 12.8 Å². The molecule has 1 atom stereocenters. The zero-order valence-electron chi connectivity index (χ0n) is 20.1. The number of aliphatic imine (C=N–C) groups is 1. The van der Waals surface area contributed by atoms with Crippen molar-refractivity contribution in [1.82, 2.24) is 25.3 Å². The van der Waals surface area contributed by atoms with Crippen molar-refractivity contribution in [3.05, 3.63) is 24.2 Å². The highest BCUT2D eigenvalue weighted by atomic mass is 16.6. The van der Waals surface area contributed by atoms with Gasteiger partial charge in [0.15, 0.2) is 5.96 Å². The minimum Gasteiger partial charge on any atom is -0.468 e. The van der Waals surface area contributed by atoms with Crippen LogP contribution in [0, 0.1) is 0 Å². The molecule has 0 aromatic carbocycles. The molecule has 180 valence electrons. The fourth-order valence-electron chi connectivity index (χ4n) is 4.17. The molecule has 3 rings (SSSR count). The Labute approximate surface area is 192 Å². The Balaban J connectivity index is 1.37. The lowest BCUT2D eigenvalue weighted by Gasteiger charge is -2.35. The summed E-state index contributed by atoms with van der Waals surface area (Å²) in [7, 11) is 1.80. The van der Waals surface area contributed by atoms with E-state index < -0.39 is 5.60 Å². The molecule has 2 saturated heterocycles. The lowest BCUT2D eigenvalue weighted by Crippen LogP contribution is -2.52. The number of guanidine groups is 1. The van der Waals surface area contributed by atoms with Crippen LogP contribution in [0.2, 0.25) is 0 Å². The monoisotopic (exact) mass is 448 g/mol. The second kappa shape index (κ2) is 11.6. The van der Waals surface area contributed by atoms with Gasteiger partial charge in [-0.2, -0.15) is 0 Å². The first kappa shape index (κ1) is 24.4. The maximum Gasteiger partial charge on any atom is 0.410 e. The Morgan fingerprint density at radius 3 is 2.47 bits per heavy atom. The smallest absolute Gasteiger partial charge is 0.410 e. The average molecular weight is 449 g/mol. The molecule has 1 unspecified atom stereocenters. The van der Waals surface area contributed by atoms with Crippen LogP contribution in [0.25, 0.3) is 0 Å². The second-order valence-electron chi connectivity index (χ2n) is 9.46. The van der Waals surface area contributed by atoms with Crippen molar-refractivity contribution in [2.24, 2.45) is 4.99 Å². The Morgan fingerprint density at radius 2 is 1.88 bits per heavy atom. The number of rotatable bonds is 7. The first-order chi connectivity index (χ1) is 15.4. The van der Waals surface area contributed by atoms with Crippen molar-refractivity contribution < 1.29 is 13.9 Å². The fraction of sp³-hybridized carbons (Fsp3) is 0.739. The number of carbonyl (C=O) groups is 1. The summed E-state index contributed by atoms with van der Waals surface area (Å²) in [5.41, 5.74) is -0.453. The van der Waals surface area contributed by atoms with E-state index in [2.05, 4.69) is 31.5 Å². The normalized spacial score (nSPS) is 19.8. The molecule has 9 nitrogen and oxygen atoms in total. The number of amides is 1. The van der Waals surface area contributed by atoms with Gasteiger partial charge in [-0.25, -0.2) is 4.79 Å². The summed E-state index contributed by atoms with van der Waals surface area (Å²) < 4.78 is 11.2. The number of nitrogens with zero attached hydrogens (tertiary/aromatic N) is 4. The first-order valence-corrected chi connectivity index (χ1v) is 11.8. The summed E-state index contributed by atoms with van der Waals surface area (Å²) in [5.74, 6) is 1.80. The predicted octanol–water partition coefficient (Wildman–Crippen LogP) is 2.13. The second-order valence-corrected chi connectivity index (χ2v) is 9.46. The third kappa shape index (κ3) is 7.41. The molecule has 9 heteroatoms. The summed E-state index contributed by atoms with van der Waals surface area (Å²) in [4.78, 5) is 23.2. The quantitative estimate of drug-likeness (QED) is 0.488. The topological polar surface area (TPSA) is 85.6 Å². The fourth-order valence-corrected chi connectivity index (χ4v) is 4.17. The maximum atomic E-state index is 12.2. The number of carbonyl (C=O) groups excluding carboxylic acids is 1. The summed E-state index contributed by atoms with van der Waals surface area (Å²) in [6.07, 6.45) is 4.01. The molecule has 0 bridgehead atoms. The molecule has 2 N–H and O–H groups in total. The van der Waals surface area contributed by atoms with Gasteiger partial charge in [-0.15, -0.1) is 0 Å². The molecule has 2 aliphatic heterocycles. The number of likely N-dealkylation sites (tertiary alicyclic amines) is 1. The zero-order chi connectivity index (χ0) is 23.0. The van der Waals surface area contributed by atoms with Crippen LogP contribution in [0.5, 0.6) is 0 Å². The summed E-state index contributed by atoms with van der Waals surface area (Å²) in [6, 6.07) is 4.22. The number of ether oxygens (including phenoxy) is 1. The Morgan fingerprint density at radius 1 is 1.16 bits per heavy atom. The van der Waals surface area contributed by atoms with Crippen molar-refractivity contribution in [2.75, 3.05) is 66.0 Å². The van der Waals surface area contributed by atoms with Crippen molar-refractivity contribution in [1.29, 1.82) is 0 Å². The van der Waals surface area contributed by atoms with Gasteiger partial charge < -0.3 is 24.7 Å². The Hall–Kier alpha value is -2.26. The van der Waals surface area contributed by atoms with Gasteiger partial charge in [0.25, 0.3) is 0 Å². The molecule has 32 heavy (non-hydrogen) atoms. The van der Waals surface area contributed by atoms with Gasteiger partial charge in [-0.3, -0.25) is 14.8 Å². The van der Waals surface area contributed by atoms with Gasteiger partial charge in [0.05, 0.1) is 12.3 Å². The van der Waals surface area contributed by atoms with Crippen molar-refractivity contribution in [3.63, 3.8) is 0 Å². The van der Waals surface area contributed by atoms with Crippen molar-refractivity contribution >= 4 is 12.1 Å². The van der Waals surface area contributed by atoms with E-state index in [0.29, 0.717) is 13.1 Å². The van der Waals surface area contributed by atoms with Gasteiger partial charge in [0, 0.05) is 52.9 Å². The highest BCUT2D eigenvalue weighted by molar-refractivity contribution is 5.79. The number of nitrogens with one attached hydrogen (secondary N) is 2. The molecule has 1 aromatic heterocycles. The molecule has 0 saturated carbocycles. The molecule has 2 aliphatic rings. The highest BCUT2D eigenvalue weighted by Crippen LogP contribution is 2.24. The average Bonchev–Trinajstić information content (AvgIpc) is 3.47. The third-order valence-electron chi connectivity index (χ3n) is 5.88. The Bertz CT molecular complexity index is 717. The van der Waals surface area contributed by atoms with E-state index in [1.54, 1.807) is 18.2 Å². The largest absolute Gasteiger partial charge is 0.468 e. The van der Waals surface area contributed by atoms with Crippen LogP contribution in [0.4, 0.5) is 4.79 Å². The number of piperazine rings is 1. The van der Waals surface area contributed by atoms with Crippen LogP contribution in [0.3, 0.4) is 0 Å². The van der Waals surface area contributed by atoms with Crippen molar-refractivity contribution in [3.8, 4) is 0 Å². The van der Waals surface area contributed by atoms with Crippen LogP contribution in [0.1, 0.15) is 45.4 Å². The molecule has 3 heterocycles. The molecule has 0 radical (unpaired) electrons. The zero-order valence-corrected chi connectivity index (χ0v) is 20.1. The Kier molecular flexibility index (Phi) is 8.81. The van der Waals surface area contributed by atoms with Crippen LogP contribution < -0.4 is 10.6 Å². The first-order valence-electron chi connectivity index (χ1n) is 11.8.